The lowest BCUT2D eigenvalue weighted by Crippen LogP contribution is -2.46. The summed E-state index contributed by atoms with van der Waals surface area (Å²) in [5, 5.41) is 12.8. The van der Waals surface area contributed by atoms with Gasteiger partial charge in [0.2, 0.25) is 0 Å². The van der Waals surface area contributed by atoms with Gasteiger partial charge in [0.05, 0.1) is 24.5 Å². The van der Waals surface area contributed by atoms with Crippen LogP contribution in [0.4, 0.5) is 11.4 Å². The zero-order valence-electron chi connectivity index (χ0n) is 27.7. The second-order valence-corrected chi connectivity index (χ2v) is 13.0. The molecule has 0 saturated carbocycles. The van der Waals surface area contributed by atoms with Gasteiger partial charge in [-0.25, -0.2) is 14.0 Å². The van der Waals surface area contributed by atoms with Gasteiger partial charge < -0.3 is 24.0 Å². The van der Waals surface area contributed by atoms with Gasteiger partial charge in [0.15, 0.2) is 5.79 Å². The fraction of sp³-hybridized carbons (Fsp3) is 0.351. The summed E-state index contributed by atoms with van der Waals surface area (Å²) < 4.78 is 22.2. The van der Waals surface area contributed by atoms with Crippen LogP contribution in [0.15, 0.2) is 102 Å². The van der Waals surface area contributed by atoms with Crippen molar-refractivity contribution in [1.82, 2.24) is 24.5 Å². The molecule has 0 aliphatic carbocycles. The Morgan fingerprint density at radius 1 is 0.939 bits per heavy atom. The smallest absolute Gasteiger partial charge is 0.350 e. The highest BCUT2D eigenvalue weighted by Gasteiger charge is 2.44. The molecule has 5 aromatic rings. The van der Waals surface area contributed by atoms with Crippen LogP contribution in [0.5, 0.6) is 5.75 Å². The molecule has 0 spiro atoms. The Bertz CT molecular complexity index is 1890. The van der Waals surface area contributed by atoms with E-state index >= 15 is 0 Å². The third kappa shape index (κ3) is 7.19. The van der Waals surface area contributed by atoms with E-state index in [-0.39, 0.29) is 17.8 Å². The number of hydrogen-bond donors (Lipinski definition) is 0. The van der Waals surface area contributed by atoms with Crippen molar-refractivity contribution in [1.29, 1.82) is 0 Å². The van der Waals surface area contributed by atoms with E-state index in [9.17, 15) is 4.79 Å². The minimum atomic E-state index is -0.993. The predicted octanol–water partition coefficient (Wildman–Crippen LogP) is 5.66. The Balaban J connectivity index is 0.922. The highest BCUT2D eigenvalue weighted by molar-refractivity contribution is 6.30. The summed E-state index contributed by atoms with van der Waals surface area (Å²) in [7, 11) is 0. The van der Waals surface area contributed by atoms with Gasteiger partial charge in [0, 0.05) is 60.8 Å². The number of rotatable bonds is 11. The van der Waals surface area contributed by atoms with Crippen molar-refractivity contribution < 1.29 is 14.2 Å². The summed E-state index contributed by atoms with van der Waals surface area (Å²) in [6.45, 7) is 8.38. The molecular formula is C37H40ClN7O4. The van der Waals surface area contributed by atoms with Gasteiger partial charge in [-0.1, -0.05) is 30.7 Å². The first-order valence-electron chi connectivity index (χ1n) is 16.7. The lowest BCUT2D eigenvalue weighted by molar-refractivity contribution is -0.178. The van der Waals surface area contributed by atoms with Crippen LogP contribution in [0, 0.1) is 0 Å². The zero-order valence-corrected chi connectivity index (χ0v) is 28.4. The predicted molar refractivity (Wildman–Crippen MR) is 189 cm³/mol. The van der Waals surface area contributed by atoms with E-state index in [1.54, 1.807) is 28.0 Å². The second-order valence-electron chi connectivity index (χ2n) is 12.5. The van der Waals surface area contributed by atoms with Crippen molar-refractivity contribution in [2.75, 3.05) is 49.2 Å². The molecule has 1 unspecified atom stereocenters. The quantitative estimate of drug-likeness (QED) is 0.175. The summed E-state index contributed by atoms with van der Waals surface area (Å²) in [6, 6.07) is 25.9. The maximum absolute atomic E-state index is 12.8. The lowest BCUT2D eigenvalue weighted by atomic mass is 9.98. The van der Waals surface area contributed by atoms with Crippen molar-refractivity contribution in [3.8, 4) is 11.4 Å². The molecule has 0 bridgehead atoms. The summed E-state index contributed by atoms with van der Waals surface area (Å²) in [6.07, 6.45) is 6.05. The molecule has 2 aromatic heterocycles. The van der Waals surface area contributed by atoms with E-state index < -0.39 is 5.79 Å². The Morgan fingerprint density at radius 2 is 1.63 bits per heavy atom. The molecule has 11 nitrogen and oxygen atoms in total. The molecule has 0 amide bonds. The Labute approximate surface area is 290 Å². The summed E-state index contributed by atoms with van der Waals surface area (Å²) in [5.41, 5.74) is 4.81. The molecule has 2 fully saturated rings. The number of ether oxygens (including phenoxy) is 3. The van der Waals surface area contributed by atoms with Crippen molar-refractivity contribution in [2.24, 2.45) is 0 Å². The number of anilines is 2. The molecule has 0 N–H and O–H groups in total. The van der Waals surface area contributed by atoms with Crippen molar-refractivity contribution >= 4 is 23.0 Å². The van der Waals surface area contributed by atoms with Crippen LogP contribution in [0.2, 0.25) is 5.02 Å². The molecule has 254 valence electrons. The van der Waals surface area contributed by atoms with Crippen molar-refractivity contribution in [3.63, 3.8) is 0 Å². The third-order valence-electron chi connectivity index (χ3n) is 9.32. The Hall–Kier alpha value is -4.71. The molecule has 7 rings (SSSR count). The maximum atomic E-state index is 12.8. The fourth-order valence-corrected chi connectivity index (χ4v) is 6.56. The molecule has 2 aliphatic rings. The minimum absolute atomic E-state index is 0.0683. The van der Waals surface area contributed by atoms with Gasteiger partial charge in [-0.3, -0.25) is 0 Å². The molecule has 0 radical (unpaired) electrons. The summed E-state index contributed by atoms with van der Waals surface area (Å²) in [4.78, 5) is 17.6. The molecule has 12 heteroatoms. The summed E-state index contributed by atoms with van der Waals surface area (Å²) in [5.74, 6) is -0.217. The molecule has 2 saturated heterocycles. The van der Waals surface area contributed by atoms with E-state index in [2.05, 4.69) is 56.3 Å². The van der Waals surface area contributed by atoms with Crippen LogP contribution in [-0.2, 0) is 21.7 Å². The first-order valence-corrected chi connectivity index (χ1v) is 17.1. The highest BCUT2D eigenvalue weighted by Crippen LogP contribution is 2.38. The Morgan fingerprint density at radius 3 is 2.29 bits per heavy atom. The average molecular weight is 682 g/mol. The minimum Gasteiger partial charge on any atom is -0.491 e. The monoisotopic (exact) mass is 681 g/mol. The fourth-order valence-electron chi connectivity index (χ4n) is 6.37. The number of benzene rings is 3. The topological polar surface area (TPSA) is 99.8 Å². The highest BCUT2D eigenvalue weighted by atomic mass is 35.5. The van der Waals surface area contributed by atoms with Crippen molar-refractivity contribution in [2.45, 2.75) is 44.6 Å². The molecule has 3 atom stereocenters. The van der Waals surface area contributed by atoms with Crippen LogP contribution in [0.3, 0.4) is 0 Å². The lowest BCUT2D eigenvalue weighted by Gasteiger charge is -2.37. The van der Waals surface area contributed by atoms with E-state index in [0.717, 1.165) is 66.5 Å². The number of hydrogen-bond acceptors (Lipinski definition) is 9. The number of piperazine rings is 1. The van der Waals surface area contributed by atoms with E-state index in [1.807, 2.05) is 61.5 Å². The van der Waals surface area contributed by atoms with Crippen molar-refractivity contribution in [3.05, 3.63) is 124 Å². The Kier molecular flexibility index (Phi) is 9.65. The van der Waals surface area contributed by atoms with Gasteiger partial charge in [-0.15, -0.1) is 0 Å². The standard InChI is InChI=1S/C37H40ClN7O4/c1-3-27(2)45-36(46)44(26-41-45)33-9-7-31(8-10-33)42-17-19-43(20-18-42)32-11-13-34(14-12-32)47-24-35-25-48-37(49-35,22-28-15-16-39-40-23-28)29-5-4-6-30(38)21-29/h4-16,21,23,26-27,35H,3,17-20,22,24-25H2,1-2H3/t27?,35-,37+/m1/s1. The van der Waals surface area contributed by atoms with Gasteiger partial charge in [0.25, 0.3) is 0 Å². The van der Waals surface area contributed by atoms with E-state index in [0.29, 0.717) is 24.7 Å². The van der Waals surface area contributed by atoms with Gasteiger partial charge in [-0.05, 0) is 85.6 Å². The van der Waals surface area contributed by atoms with E-state index in [1.165, 1.54) is 0 Å². The average Bonchev–Trinajstić information content (AvgIpc) is 3.75. The molecule has 4 heterocycles. The molecule has 49 heavy (non-hydrogen) atoms. The molecular weight excluding hydrogens is 642 g/mol. The summed E-state index contributed by atoms with van der Waals surface area (Å²) >= 11 is 6.33. The number of nitrogens with zero attached hydrogens (tertiary/aromatic N) is 7. The largest absolute Gasteiger partial charge is 0.491 e. The van der Waals surface area contributed by atoms with Crippen LogP contribution in [0.25, 0.3) is 5.69 Å². The van der Waals surface area contributed by atoms with Gasteiger partial charge in [-0.2, -0.15) is 15.3 Å². The third-order valence-corrected chi connectivity index (χ3v) is 9.55. The van der Waals surface area contributed by atoms with Gasteiger partial charge >= 0.3 is 5.69 Å². The SMILES string of the molecule is CCC(C)n1ncn(-c2ccc(N3CCN(c4ccc(OC[C@@H]5CO[C@](Cc6ccnnc6)(c6cccc(Cl)c6)O5)cc4)CC3)cc2)c1=O. The normalized spacial score (nSPS) is 20.0. The number of halogens is 1. The van der Waals surface area contributed by atoms with Gasteiger partial charge in [0.1, 0.15) is 24.8 Å². The van der Waals surface area contributed by atoms with Crippen LogP contribution in [-0.4, -0.2) is 70.0 Å². The number of aromatic nitrogens is 5. The van der Waals surface area contributed by atoms with Crippen LogP contribution >= 0.6 is 11.6 Å². The first kappa shape index (κ1) is 32.8. The second kappa shape index (κ2) is 14.4. The zero-order chi connectivity index (χ0) is 33.8. The molecule has 3 aromatic carbocycles. The maximum Gasteiger partial charge on any atom is 0.350 e. The van der Waals surface area contributed by atoms with Crippen LogP contribution in [0.1, 0.15) is 37.4 Å². The first-order chi connectivity index (χ1) is 23.9. The molecule has 2 aliphatic heterocycles. The van der Waals surface area contributed by atoms with Crippen LogP contribution < -0.4 is 20.2 Å². The van der Waals surface area contributed by atoms with E-state index in [4.69, 9.17) is 25.8 Å².